The zero-order chi connectivity index (χ0) is 21.4. The molecule has 8 nitrogen and oxygen atoms in total. The van der Waals surface area contributed by atoms with Gasteiger partial charge in [-0.15, -0.1) is 0 Å². The predicted molar refractivity (Wildman–Crippen MR) is 105 cm³/mol. The Morgan fingerprint density at radius 2 is 1.97 bits per heavy atom. The maximum atomic E-state index is 14.3. The smallest absolute Gasteiger partial charge is 0.511 e. The molecule has 0 radical (unpaired) electrons. The summed E-state index contributed by atoms with van der Waals surface area (Å²) in [7, 11) is -2.20. The van der Waals surface area contributed by atoms with Gasteiger partial charge < -0.3 is 28.9 Å². The molecule has 0 fully saturated rings. The van der Waals surface area contributed by atoms with Crippen molar-refractivity contribution in [2.24, 2.45) is 0 Å². The molecule has 2 N–H and O–H groups in total. The van der Waals surface area contributed by atoms with Gasteiger partial charge >= 0.3 is 13.3 Å². The summed E-state index contributed by atoms with van der Waals surface area (Å²) in [6, 6.07) is 4.02. The number of esters is 1. The van der Waals surface area contributed by atoms with Gasteiger partial charge in [0.1, 0.15) is 23.9 Å². The van der Waals surface area contributed by atoms with E-state index in [2.05, 4.69) is 0 Å². The van der Waals surface area contributed by atoms with Gasteiger partial charge in [-0.05, 0) is 43.4 Å². The number of fused-ring (bicyclic) bond motifs is 3. The molecule has 1 aromatic carbocycles. The van der Waals surface area contributed by atoms with Crippen LogP contribution in [0.1, 0.15) is 47.1 Å². The van der Waals surface area contributed by atoms with Gasteiger partial charge in [0.05, 0.1) is 11.3 Å². The lowest BCUT2D eigenvalue weighted by molar-refractivity contribution is -0.142. The predicted octanol–water partition coefficient (Wildman–Crippen LogP) is 1.58. The van der Waals surface area contributed by atoms with Crippen molar-refractivity contribution in [1.82, 2.24) is 4.57 Å². The number of ether oxygens (including phenoxy) is 1. The minimum atomic E-state index is -2.20. The van der Waals surface area contributed by atoms with Crippen LogP contribution in [0.5, 0.6) is 5.75 Å². The third-order valence-corrected chi connectivity index (χ3v) is 5.51. The molecule has 0 saturated carbocycles. The lowest BCUT2D eigenvalue weighted by Crippen LogP contribution is -2.41. The van der Waals surface area contributed by atoms with Gasteiger partial charge in [0.2, 0.25) is 0 Å². The van der Waals surface area contributed by atoms with Gasteiger partial charge in [-0.25, -0.2) is 4.39 Å². The Morgan fingerprint density at radius 3 is 2.70 bits per heavy atom. The first-order valence-electron chi connectivity index (χ1n) is 9.87. The second kappa shape index (κ2) is 8.12. The summed E-state index contributed by atoms with van der Waals surface area (Å²) >= 11 is 0. The Labute approximate surface area is 173 Å². The van der Waals surface area contributed by atoms with Crippen molar-refractivity contribution in [1.29, 1.82) is 0 Å². The van der Waals surface area contributed by atoms with Crippen molar-refractivity contribution >= 4 is 24.9 Å². The summed E-state index contributed by atoms with van der Waals surface area (Å²) in [5.41, 5.74) is 3.26. The number of nitrogens with zero attached hydrogens (tertiary/aromatic N) is 2. The van der Waals surface area contributed by atoms with E-state index in [0.717, 1.165) is 37.8 Å². The molecule has 10 heteroatoms. The van der Waals surface area contributed by atoms with E-state index in [1.165, 1.54) is 23.1 Å². The molecule has 1 aromatic heterocycles. The number of anilines is 1. The van der Waals surface area contributed by atoms with E-state index >= 15 is 0 Å². The summed E-state index contributed by atoms with van der Waals surface area (Å²) in [5.74, 6) is -1.80. The fraction of sp³-hybridized carbons (Fsp3) is 0.400. The van der Waals surface area contributed by atoms with Crippen LogP contribution in [0.25, 0.3) is 0 Å². The van der Waals surface area contributed by atoms with Crippen LogP contribution >= 0.6 is 0 Å². The average Bonchev–Trinajstić information content (AvgIpc) is 3.06. The number of amides is 1. The monoisotopic (exact) mass is 416 g/mol. The zero-order valence-corrected chi connectivity index (χ0v) is 16.6. The van der Waals surface area contributed by atoms with E-state index in [9.17, 15) is 24.0 Å². The van der Waals surface area contributed by atoms with E-state index in [0.29, 0.717) is 18.8 Å². The summed E-state index contributed by atoms with van der Waals surface area (Å²) < 4.78 is 26.3. The third-order valence-electron chi connectivity index (χ3n) is 5.51. The van der Waals surface area contributed by atoms with Crippen molar-refractivity contribution in [3.8, 4) is 5.75 Å². The van der Waals surface area contributed by atoms with Crippen LogP contribution in [-0.2, 0) is 35.5 Å². The van der Waals surface area contributed by atoms with Gasteiger partial charge in [-0.3, -0.25) is 9.59 Å². The highest BCUT2D eigenvalue weighted by molar-refractivity contribution is 6.33. The minimum absolute atomic E-state index is 0.169. The van der Waals surface area contributed by atoms with Gasteiger partial charge in [0.15, 0.2) is 0 Å². The molecule has 30 heavy (non-hydrogen) atoms. The van der Waals surface area contributed by atoms with E-state index < -0.39 is 19.1 Å². The van der Waals surface area contributed by atoms with E-state index in [-0.39, 0.29) is 29.5 Å². The number of hydrogen-bond donors (Lipinski definition) is 2. The van der Waals surface area contributed by atoms with Crippen LogP contribution in [0.3, 0.4) is 0 Å². The summed E-state index contributed by atoms with van der Waals surface area (Å²) in [6.07, 6.45) is 4.06. The van der Waals surface area contributed by atoms with Crippen LogP contribution in [0.4, 0.5) is 10.1 Å². The Hall–Kier alpha value is -2.85. The number of benzene rings is 1. The Bertz CT molecular complexity index is 1010. The highest BCUT2D eigenvalue weighted by atomic mass is 19.1. The molecule has 158 valence electrons. The molecule has 0 atom stereocenters. The molecular formula is C20H22BFN2O6. The fourth-order valence-electron chi connectivity index (χ4n) is 4.24. The zero-order valence-electron chi connectivity index (χ0n) is 16.6. The molecule has 1 aliphatic heterocycles. The molecule has 0 unspecified atom stereocenters. The van der Waals surface area contributed by atoms with Crippen LogP contribution in [0.15, 0.2) is 18.2 Å². The number of carbonyl (C=O) groups excluding carboxylic acids is 2. The lowest BCUT2D eigenvalue weighted by Gasteiger charge is -2.31. The quantitative estimate of drug-likeness (QED) is 0.567. The fourth-order valence-corrected chi connectivity index (χ4v) is 4.24. The second-order valence-corrected chi connectivity index (χ2v) is 7.44. The molecule has 0 spiro atoms. The summed E-state index contributed by atoms with van der Waals surface area (Å²) in [6.45, 7) is 1.76. The van der Waals surface area contributed by atoms with Gasteiger partial charge in [0.25, 0.3) is 5.91 Å². The van der Waals surface area contributed by atoms with Crippen LogP contribution in [0.2, 0.25) is 0 Å². The van der Waals surface area contributed by atoms with Crippen molar-refractivity contribution in [2.75, 3.05) is 11.4 Å². The van der Waals surface area contributed by atoms with Crippen molar-refractivity contribution < 1.29 is 33.4 Å². The summed E-state index contributed by atoms with van der Waals surface area (Å²) in [4.78, 5) is 26.0. The van der Waals surface area contributed by atoms with Gasteiger partial charge in [-0.1, -0.05) is 0 Å². The largest absolute Gasteiger partial charge is 0.707 e. The van der Waals surface area contributed by atoms with Crippen LogP contribution in [-0.4, -0.2) is 40.4 Å². The number of hydrogen-bond acceptors (Lipinski definition) is 6. The van der Waals surface area contributed by atoms with Crippen molar-refractivity contribution in [2.45, 2.75) is 45.8 Å². The number of aromatic nitrogens is 1. The lowest BCUT2D eigenvalue weighted by atomic mass is 9.98. The van der Waals surface area contributed by atoms with Crippen LogP contribution in [0, 0.1) is 5.82 Å². The topological polar surface area (TPSA) is 101 Å². The summed E-state index contributed by atoms with van der Waals surface area (Å²) in [5, 5.41) is 18.4. The molecule has 1 aliphatic carbocycles. The Balaban J connectivity index is 1.75. The second-order valence-electron chi connectivity index (χ2n) is 7.44. The van der Waals surface area contributed by atoms with Crippen molar-refractivity contribution in [3.05, 3.63) is 46.5 Å². The normalized spacial score (nSPS) is 15.5. The SMILES string of the molecule is CC(=O)OCc1c(OB(O)O)cc(F)cc1N1CCn2c(cc3c2CCCC3)C1=O. The third kappa shape index (κ3) is 3.80. The molecule has 2 aromatic rings. The maximum Gasteiger partial charge on any atom is 0.707 e. The van der Waals surface area contributed by atoms with Crippen molar-refractivity contribution in [3.63, 3.8) is 0 Å². The van der Waals surface area contributed by atoms with Gasteiger partial charge in [-0.2, -0.15) is 0 Å². The number of rotatable bonds is 5. The van der Waals surface area contributed by atoms with E-state index in [1.54, 1.807) is 0 Å². The average molecular weight is 416 g/mol. The first-order chi connectivity index (χ1) is 14.3. The number of carbonyl (C=O) groups is 2. The number of halogens is 1. The molecular weight excluding hydrogens is 394 g/mol. The van der Waals surface area contributed by atoms with Crippen LogP contribution < -0.4 is 9.55 Å². The standard InChI is InChI=1S/C20H22BFN2O6/c1-12(25)29-11-15-17(9-14(22)10-19(15)30-21(27)28)24-7-6-23-16-5-3-2-4-13(16)8-18(23)20(24)26/h8-10,27-28H,2-7,11H2,1H3. The minimum Gasteiger partial charge on any atom is -0.511 e. The Kier molecular flexibility index (Phi) is 5.53. The first kappa shape index (κ1) is 20.4. The van der Waals surface area contributed by atoms with E-state index in [1.807, 2.05) is 10.6 Å². The molecule has 2 aliphatic rings. The van der Waals surface area contributed by atoms with E-state index in [4.69, 9.17) is 9.39 Å². The van der Waals surface area contributed by atoms with Gasteiger partial charge in [0, 0.05) is 31.8 Å². The highest BCUT2D eigenvalue weighted by Gasteiger charge is 2.32. The molecule has 0 saturated heterocycles. The molecule has 4 rings (SSSR count). The molecule has 2 heterocycles. The number of aryl methyl sites for hydroxylation is 1. The molecule has 1 amide bonds. The maximum absolute atomic E-state index is 14.3. The first-order valence-corrected chi connectivity index (χ1v) is 9.87. The highest BCUT2D eigenvalue weighted by Crippen LogP contribution is 2.36. The molecule has 0 bridgehead atoms. The Morgan fingerprint density at radius 1 is 1.20 bits per heavy atom.